The molecule has 1 aromatic carbocycles. The van der Waals surface area contributed by atoms with Crippen molar-refractivity contribution >= 4 is 22.7 Å². The normalized spacial score (nSPS) is 17.6. The molecule has 1 atom stereocenters. The number of H-pyrrole nitrogens is 1. The standard InChI is InChI=1S/C13H11N3O4.C2H6/c17-10-6-5-9(11(18)15-10)16-12(19)7-3-1-2-4-8(7)14-13(16)20;1-2/h1-4,9H,5-6H2,(H,14,20)(H,15,17,18);1-2H3. The molecule has 1 aliphatic rings. The summed E-state index contributed by atoms with van der Waals surface area (Å²) in [4.78, 5) is 49.9. The largest absolute Gasteiger partial charge is 0.329 e. The Morgan fingerprint density at radius 3 is 2.45 bits per heavy atom. The Kier molecular flexibility index (Phi) is 4.55. The summed E-state index contributed by atoms with van der Waals surface area (Å²) in [5, 5.41) is 2.47. The van der Waals surface area contributed by atoms with Crippen molar-refractivity contribution in [3.8, 4) is 0 Å². The summed E-state index contributed by atoms with van der Waals surface area (Å²) in [5.74, 6) is -1.01. The van der Waals surface area contributed by atoms with Gasteiger partial charge < -0.3 is 4.98 Å². The molecule has 7 heteroatoms. The minimum Gasteiger partial charge on any atom is -0.307 e. The van der Waals surface area contributed by atoms with E-state index in [9.17, 15) is 19.2 Å². The number of imide groups is 1. The van der Waals surface area contributed by atoms with E-state index in [4.69, 9.17) is 0 Å². The molecule has 0 saturated carbocycles. The summed E-state index contributed by atoms with van der Waals surface area (Å²) in [7, 11) is 0. The third kappa shape index (κ3) is 2.69. The van der Waals surface area contributed by atoms with Crippen LogP contribution in [0.25, 0.3) is 10.9 Å². The molecule has 2 heterocycles. The van der Waals surface area contributed by atoms with Gasteiger partial charge in [0, 0.05) is 6.42 Å². The van der Waals surface area contributed by atoms with E-state index in [0.29, 0.717) is 10.9 Å². The van der Waals surface area contributed by atoms with Crippen LogP contribution in [-0.2, 0) is 9.59 Å². The molecule has 7 nitrogen and oxygen atoms in total. The lowest BCUT2D eigenvalue weighted by molar-refractivity contribution is -0.135. The van der Waals surface area contributed by atoms with Crippen molar-refractivity contribution in [2.75, 3.05) is 0 Å². The highest BCUT2D eigenvalue weighted by Crippen LogP contribution is 2.15. The van der Waals surface area contributed by atoms with E-state index in [1.54, 1.807) is 24.3 Å². The number of hydrogen-bond acceptors (Lipinski definition) is 4. The number of fused-ring (bicyclic) bond motifs is 1. The Bertz CT molecular complexity index is 835. The van der Waals surface area contributed by atoms with Crippen LogP contribution in [0.15, 0.2) is 33.9 Å². The molecule has 0 bridgehead atoms. The highest BCUT2D eigenvalue weighted by Gasteiger charge is 2.30. The van der Waals surface area contributed by atoms with Crippen molar-refractivity contribution in [2.45, 2.75) is 32.7 Å². The number of nitrogens with zero attached hydrogens (tertiary/aromatic N) is 1. The summed E-state index contributed by atoms with van der Waals surface area (Å²) in [6.45, 7) is 4.00. The third-order valence-electron chi connectivity index (χ3n) is 3.36. The minimum absolute atomic E-state index is 0.106. The van der Waals surface area contributed by atoms with Crippen LogP contribution < -0.4 is 16.6 Å². The number of piperidine rings is 1. The second-order valence-corrected chi connectivity index (χ2v) is 4.62. The van der Waals surface area contributed by atoms with Gasteiger partial charge in [0.05, 0.1) is 10.9 Å². The SMILES string of the molecule is CC.O=C1CCC(n2c(=O)[nH]c3ccccc3c2=O)C(=O)N1. The lowest BCUT2D eigenvalue weighted by Crippen LogP contribution is -2.48. The van der Waals surface area contributed by atoms with Crippen molar-refractivity contribution in [1.82, 2.24) is 14.9 Å². The predicted octanol–water partition coefficient (Wildman–Crippen LogP) is 0.694. The number of amides is 2. The van der Waals surface area contributed by atoms with Crippen molar-refractivity contribution < 1.29 is 9.59 Å². The van der Waals surface area contributed by atoms with Gasteiger partial charge >= 0.3 is 5.69 Å². The number of carbonyl (C=O) groups excluding carboxylic acids is 2. The lowest BCUT2D eigenvalue weighted by Gasteiger charge is -2.22. The van der Waals surface area contributed by atoms with Gasteiger partial charge in [-0.2, -0.15) is 0 Å². The summed E-state index contributed by atoms with van der Waals surface area (Å²) >= 11 is 0. The predicted molar refractivity (Wildman–Crippen MR) is 81.6 cm³/mol. The molecule has 0 radical (unpaired) electrons. The van der Waals surface area contributed by atoms with Crippen LogP contribution in [-0.4, -0.2) is 21.4 Å². The molecule has 3 rings (SSSR count). The number of carbonyl (C=O) groups is 2. The number of benzene rings is 1. The van der Waals surface area contributed by atoms with Gasteiger partial charge in [-0.1, -0.05) is 26.0 Å². The number of nitrogens with one attached hydrogen (secondary N) is 2. The maximum atomic E-state index is 12.4. The molecule has 1 aliphatic heterocycles. The van der Waals surface area contributed by atoms with E-state index in [2.05, 4.69) is 10.3 Å². The maximum absolute atomic E-state index is 12.4. The molecular weight excluding hydrogens is 286 g/mol. The fraction of sp³-hybridized carbons (Fsp3) is 0.333. The highest BCUT2D eigenvalue weighted by molar-refractivity contribution is 5.99. The molecule has 0 spiro atoms. The van der Waals surface area contributed by atoms with Crippen molar-refractivity contribution in [2.24, 2.45) is 0 Å². The second kappa shape index (κ2) is 6.38. The summed E-state index contributed by atoms with van der Waals surface area (Å²) in [6, 6.07) is 5.63. The zero-order valence-electron chi connectivity index (χ0n) is 12.4. The number of para-hydroxylation sites is 1. The fourth-order valence-corrected chi connectivity index (χ4v) is 2.39. The molecule has 1 saturated heterocycles. The summed E-state index contributed by atoms with van der Waals surface area (Å²) in [5.41, 5.74) is -0.756. The molecule has 1 unspecified atom stereocenters. The first-order valence-corrected chi connectivity index (χ1v) is 7.15. The van der Waals surface area contributed by atoms with Crippen molar-refractivity contribution in [3.05, 3.63) is 45.1 Å². The van der Waals surface area contributed by atoms with Gasteiger partial charge in [-0.3, -0.25) is 19.7 Å². The molecule has 1 fully saturated rings. The maximum Gasteiger partial charge on any atom is 0.329 e. The molecule has 2 N–H and O–H groups in total. The Balaban J connectivity index is 0.000000847. The van der Waals surface area contributed by atoms with Gasteiger partial charge in [-0.15, -0.1) is 0 Å². The first kappa shape index (κ1) is 15.7. The third-order valence-corrected chi connectivity index (χ3v) is 3.36. The molecule has 0 aliphatic carbocycles. The van der Waals surface area contributed by atoms with E-state index < -0.39 is 29.1 Å². The van der Waals surface area contributed by atoms with Crippen molar-refractivity contribution in [1.29, 1.82) is 0 Å². The van der Waals surface area contributed by atoms with E-state index in [1.807, 2.05) is 13.8 Å². The van der Waals surface area contributed by atoms with Crippen LogP contribution in [0.3, 0.4) is 0 Å². The second-order valence-electron chi connectivity index (χ2n) is 4.62. The Hall–Kier alpha value is -2.70. The van der Waals surface area contributed by atoms with Crippen molar-refractivity contribution in [3.63, 3.8) is 0 Å². The Morgan fingerprint density at radius 2 is 1.77 bits per heavy atom. The molecule has 116 valence electrons. The topological polar surface area (TPSA) is 101 Å². The average Bonchev–Trinajstić information content (AvgIpc) is 2.51. The monoisotopic (exact) mass is 303 g/mol. The van der Waals surface area contributed by atoms with Gasteiger partial charge in [-0.05, 0) is 18.6 Å². The molecule has 22 heavy (non-hydrogen) atoms. The van der Waals surface area contributed by atoms with E-state index >= 15 is 0 Å². The number of hydrogen-bond donors (Lipinski definition) is 2. The van der Waals surface area contributed by atoms with Crippen LogP contribution in [0.1, 0.15) is 32.7 Å². The van der Waals surface area contributed by atoms with E-state index in [-0.39, 0.29) is 12.8 Å². The summed E-state index contributed by atoms with van der Waals surface area (Å²) in [6.07, 6.45) is 0.251. The average molecular weight is 303 g/mol. The van der Waals surface area contributed by atoms with E-state index in [0.717, 1.165) is 4.57 Å². The smallest absolute Gasteiger partial charge is 0.307 e. The zero-order chi connectivity index (χ0) is 16.3. The number of aromatic amines is 1. The highest BCUT2D eigenvalue weighted by atomic mass is 16.2. The Labute approximate surface area is 126 Å². The van der Waals surface area contributed by atoms with Crippen LogP contribution in [0.2, 0.25) is 0 Å². The van der Waals surface area contributed by atoms with Gasteiger partial charge in [0.25, 0.3) is 5.56 Å². The first-order valence-electron chi connectivity index (χ1n) is 7.15. The lowest BCUT2D eigenvalue weighted by atomic mass is 10.1. The van der Waals surface area contributed by atoms with Crippen LogP contribution in [0.5, 0.6) is 0 Å². The Morgan fingerprint density at radius 1 is 1.09 bits per heavy atom. The first-order chi connectivity index (χ1) is 10.6. The molecule has 2 amide bonds. The van der Waals surface area contributed by atoms with Crippen LogP contribution >= 0.6 is 0 Å². The molecular formula is C15H17N3O4. The van der Waals surface area contributed by atoms with Gasteiger partial charge in [0.2, 0.25) is 11.8 Å². The number of aromatic nitrogens is 2. The quantitative estimate of drug-likeness (QED) is 0.757. The van der Waals surface area contributed by atoms with Gasteiger partial charge in [-0.25, -0.2) is 9.36 Å². The van der Waals surface area contributed by atoms with E-state index in [1.165, 1.54) is 0 Å². The van der Waals surface area contributed by atoms with Gasteiger partial charge in [0.1, 0.15) is 6.04 Å². The molecule has 2 aromatic rings. The van der Waals surface area contributed by atoms with Crippen LogP contribution in [0, 0.1) is 0 Å². The zero-order valence-corrected chi connectivity index (χ0v) is 12.4. The fourth-order valence-electron chi connectivity index (χ4n) is 2.39. The molecule has 1 aromatic heterocycles. The van der Waals surface area contributed by atoms with Crippen LogP contribution in [0.4, 0.5) is 0 Å². The summed E-state index contributed by atoms with van der Waals surface area (Å²) < 4.78 is 0.879. The minimum atomic E-state index is -0.950. The number of rotatable bonds is 1. The van der Waals surface area contributed by atoms with Gasteiger partial charge in [0.15, 0.2) is 0 Å².